The van der Waals surface area contributed by atoms with Gasteiger partial charge in [0.25, 0.3) is 0 Å². The van der Waals surface area contributed by atoms with E-state index in [2.05, 4.69) is 14.9 Å². The minimum absolute atomic E-state index is 0.0764. The highest BCUT2D eigenvalue weighted by atomic mass is 19.4. The predicted molar refractivity (Wildman–Crippen MR) is 127 cm³/mol. The van der Waals surface area contributed by atoms with Gasteiger partial charge in [-0.1, -0.05) is 0 Å². The Morgan fingerprint density at radius 1 is 0.867 bits per heavy atom. The third kappa shape index (κ3) is 13.5. The Balaban J connectivity index is 0.000000396. The molecular formula is C24H23F10N3O8. The van der Waals surface area contributed by atoms with E-state index in [1.54, 1.807) is 12.3 Å². The molecule has 0 aliphatic carbocycles. The monoisotopic (exact) mass is 671 g/mol. The molecule has 45 heavy (non-hydrogen) atoms. The van der Waals surface area contributed by atoms with Crippen molar-refractivity contribution in [1.82, 2.24) is 14.9 Å². The van der Waals surface area contributed by atoms with Crippen molar-refractivity contribution >= 4 is 17.9 Å². The molecule has 2 aromatic heterocycles. The van der Waals surface area contributed by atoms with Gasteiger partial charge >= 0.3 is 36.4 Å². The fraction of sp³-hybridized carbons (Fsp3) is 0.458. The van der Waals surface area contributed by atoms with E-state index in [4.69, 9.17) is 39.2 Å². The van der Waals surface area contributed by atoms with Gasteiger partial charge in [-0.05, 0) is 36.2 Å². The van der Waals surface area contributed by atoms with Gasteiger partial charge in [-0.2, -0.15) is 39.5 Å². The van der Waals surface area contributed by atoms with E-state index in [1.165, 1.54) is 11.6 Å². The molecular weight excluding hydrogens is 648 g/mol. The van der Waals surface area contributed by atoms with Gasteiger partial charge in [-0.15, -0.1) is 0 Å². The number of halogens is 10. The quantitative estimate of drug-likeness (QED) is 0.392. The van der Waals surface area contributed by atoms with Crippen molar-refractivity contribution in [2.45, 2.75) is 37.1 Å². The number of ether oxygens (including phenoxy) is 2. The highest BCUT2D eigenvalue weighted by molar-refractivity contribution is 5.73. The first-order chi connectivity index (χ1) is 20.6. The summed E-state index contributed by atoms with van der Waals surface area (Å²) < 4.78 is 120. The van der Waals surface area contributed by atoms with E-state index in [9.17, 15) is 43.9 Å². The maximum atomic E-state index is 13.6. The molecule has 0 saturated carbocycles. The minimum Gasteiger partial charge on any atom is -0.475 e. The molecule has 21 heteroatoms. The van der Waals surface area contributed by atoms with Crippen LogP contribution in [0.3, 0.4) is 0 Å². The van der Waals surface area contributed by atoms with Crippen molar-refractivity contribution in [3.05, 3.63) is 54.2 Å². The van der Waals surface area contributed by atoms with Crippen LogP contribution in [0.15, 0.2) is 42.9 Å². The first-order valence-corrected chi connectivity index (χ1v) is 12.0. The average molecular weight is 671 g/mol. The van der Waals surface area contributed by atoms with Crippen LogP contribution in [0.5, 0.6) is 5.88 Å². The number of alkyl halides is 9. The number of aromatic nitrogens is 2. The van der Waals surface area contributed by atoms with Crippen LogP contribution in [0.25, 0.3) is 0 Å². The summed E-state index contributed by atoms with van der Waals surface area (Å²) in [5.74, 6) is -8.34. The fourth-order valence-corrected chi connectivity index (χ4v) is 3.60. The maximum Gasteiger partial charge on any atom is 0.490 e. The van der Waals surface area contributed by atoms with E-state index in [-0.39, 0.29) is 17.4 Å². The molecule has 4 heterocycles. The SMILES string of the molecule is Fc1cccnc1OCC1CCOC12CN(Cc1ccncc1)C2.O=C(O)C(F)(F)F.O=C(O)C(F)(F)F.O=C(O)C(F)(F)F. The zero-order chi connectivity index (χ0) is 34.6. The molecule has 0 radical (unpaired) electrons. The lowest BCUT2D eigenvalue weighted by atomic mass is 9.81. The van der Waals surface area contributed by atoms with Gasteiger partial charge in [0.05, 0.1) is 12.2 Å². The molecule has 2 fully saturated rings. The average Bonchev–Trinajstić information content (AvgIpc) is 3.32. The molecule has 0 bridgehead atoms. The molecule has 4 rings (SSSR count). The normalized spacial score (nSPS) is 17.2. The third-order valence-electron chi connectivity index (χ3n) is 5.61. The van der Waals surface area contributed by atoms with Gasteiger partial charge in [-0.25, -0.2) is 23.8 Å². The van der Waals surface area contributed by atoms with Gasteiger partial charge in [-0.3, -0.25) is 9.88 Å². The summed E-state index contributed by atoms with van der Waals surface area (Å²) in [6, 6.07) is 6.99. The Labute approximate surface area is 246 Å². The zero-order valence-corrected chi connectivity index (χ0v) is 22.4. The minimum atomic E-state index is -5.08. The van der Waals surface area contributed by atoms with Gasteiger partial charge in [0.1, 0.15) is 0 Å². The predicted octanol–water partition coefficient (Wildman–Crippen LogP) is 4.19. The lowest BCUT2D eigenvalue weighted by Crippen LogP contribution is -2.64. The number of carbonyl (C=O) groups is 3. The Kier molecular flexibility index (Phi) is 13.9. The maximum absolute atomic E-state index is 13.6. The van der Waals surface area contributed by atoms with Crippen molar-refractivity contribution < 1.29 is 83.1 Å². The summed E-state index contributed by atoms with van der Waals surface area (Å²) in [6.45, 7) is 3.84. The summed E-state index contributed by atoms with van der Waals surface area (Å²) in [7, 11) is 0. The lowest BCUT2D eigenvalue weighted by molar-refractivity contribution is -0.193. The first kappa shape index (κ1) is 38.8. The first-order valence-electron chi connectivity index (χ1n) is 12.0. The number of rotatable bonds is 5. The summed E-state index contributed by atoms with van der Waals surface area (Å²) in [6.07, 6.45) is -9.14. The van der Waals surface area contributed by atoms with Crippen molar-refractivity contribution in [2.24, 2.45) is 5.92 Å². The summed E-state index contributed by atoms with van der Waals surface area (Å²) in [5, 5.41) is 21.4. The molecule has 2 aliphatic heterocycles. The van der Waals surface area contributed by atoms with E-state index in [0.717, 1.165) is 32.7 Å². The van der Waals surface area contributed by atoms with Crippen LogP contribution in [0, 0.1) is 11.7 Å². The number of hydrogen-bond donors (Lipinski definition) is 3. The lowest BCUT2D eigenvalue weighted by Gasteiger charge is -2.50. The number of carboxylic acid groups (broad SMARTS) is 3. The molecule has 1 unspecified atom stereocenters. The van der Waals surface area contributed by atoms with Crippen molar-refractivity contribution in [3.8, 4) is 5.88 Å². The van der Waals surface area contributed by atoms with Crippen molar-refractivity contribution in [3.63, 3.8) is 0 Å². The van der Waals surface area contributed by atoms with Crippen LogP contribution in [0.2, 0.25) is 0 Å². The van der Waals surface area contributed by atoms with E-state index in [0.29, 0.717) is 6.61 Å². The highest BCUT2D eigenvalue weighted by Gasteiger charge is 2.53. The van der Waals surface area contributed by atoms with Gasteiger partial charge < -0.3 is 24.8 Å². The second-order valence-electron chi connectivity index (χ2n) is 8.91. The summed E-state index contributed by atoms with van der Waals surface area (Å²) >= 11 is 0. The van der Waals surface area contributed by atoms with Crippen molar-refractivity contribution in [1.29, 1.82) is 0 Å². The molecule has 0 aromatic carbocycles. The number of likely N-dealkylation sites (tertiary alicyclic amines) is 1. The smallest absolute Gasteiger partial charge is 0.475 e. The van der Waals surface area contributed by atoms with Crippen LogP contribution in [0.1, 0.15) is 12.0 Å². The standard InChI is InChI=1S/C18H20FN3O2.3C2HF3O2/c19-16-2-1-6-21-17(16)23-11-15-5-9-24-18(15)12-22(13-18)10-14-3-7-20-8-4-14;3*3-2(4,5)1(6)7/h1-4,6-8,15H,5,9-13H2;3*(H,6,7). The summed E-state index contributed by atoms with van der Waals surface area (Å²) in [4.78, 5) is 37.0. The summed E-state index contributed by atoms with van der Waals surface area (Å²) in [5.41, 5.74) is 1.10. The number of hydrogen-bond acceptors (Lipinski definition) is 8. The fourth-order valence-electron chi connectivity index (χ4n) is 3.60. The second-order valence-corrected chi connectivity index (χ2v) is 8.91. The van der Waals surface area contributed by atoms with E-state index < -0.39 is 42.3 Å². The molecule has 2 saturated heterocycles. The Bertz CT molecular complexity index is 1200. The number of carboxylic acids is 3. The number of aliphatic carboxylic acids is 3. The van der Waals surface area contributed by atoms with Gasteiger partial charge in [0, 0.05) is 50.7 Å². The van der Waals surface area contributed by atoms with Crippen LogP contribution >= 0.6 is 0 Å². The molecule has 11 nitrogen and oxygen atoms in total. The Morgan fingerprint density at radius 2 is 1.33 bits per heavy atom. The highest BCUT2D eigenvalue weighted by Crippen LogP contribution is 2.40. The van der Waals surface area contributed by atoms with Crippen LogP contribution in [0.4, 0.5) is 43.9 Å². The molecule has 1 atom stereocenters. The molecule has 252 valence electrons. The zero-order valence-electron chi connectivity index (χ0n) is 22.4. The van der Waals surface area contributed by atoms with E-state index >= 15 is 0 Å². The Morgan fingerprint density at radius 3 is 1.76 bits per heavy atom. The molecule has 2 aromatic rings. The van der Waals surface area contributed by atoms with Crippen LogP contribution < -0.4 is 4.74 Å². The molecule has 3 N–H and O–H groups in total. The van der Waals surface area contributed by atoms with Gasteiger partial charge in [0.15, 0.2) is 5.82 Å². The molecule has 2 aliphatic rings. The molecule has 0 amide bonds. The van der Waals surface area contributed by atoms with Crippen LogP contribution in [-0.2, 0) is 25.7 Å². The third-order valence-corrected chi connectivity index (χ3v) is 5.61. The number of pyridine rings is 2. The topological polar surface area (TPSA) is 159 Å². The Hall–Kier alpha value is -4.27. The van der Waals surface area contributed by atoms with Gasteiger partial charge in [0.2, 0.25) is 5.88 Å². The molecule has 1 spiro atoms. The number of nitrogens with zero attached hydrogens (tertiary/aromatic N) is 3. The van der Waals surface area contributed by atoms with Crippen molar-refractivity contribution in [2.75, 3.05) is 26.3 Å². The van der Waals surface area contributed by atoms with E-state index in [1.807, 2.05) is 24.5 Å². The van der Waals surface area contributed by atoms with Crippen LogP contribution in [-0.4, -0.2) is 98.5 Å². The second kappa shape index (κ2) is 16.2. The largest absolute Gasteiger partial charge is 0.490 e.